The Hall–Kier alpha value is -0.0400. The van der Waals surface area contributed by atoms with Crippen LogP contribution in [-0.2, 0) is 0 Å². The minimum absolute atomic E-state index is 0.832. The van der Waals surface area contributed by atoms with Gasteiger partial charge in [0.1, 0.15) is 0 Å². The molecular weight excluding hydrogens is 158 g/mol. The van der Waals surface area contributed by atoms with Crippen molar-refractivity contribution in [3.63, 3.8) is 0 Å². The van der Waals surface area contributed by atoms with E-state index in [0.717, 1.165) is 23.9 Å². The zero-order valence-corrected chi connectivity index (χ0v) is 9.05. The molecule has 0 aromatic carbocycles. The smallest absolute Gasteiger partial charge is 0.00979 e. The molecule has 0 spiro atoms. The first-order chi connectivity index (χ1) is 6.27. The zero-order valence-electron chi connectivity index (χ0n) is 9.05. The van der Waals surface area contributed by atoms with E-state index in [-0.39, 0.29) is 0 Å². The highest BCUT2D eigenvalue weighted by Crippen LogP contribution is 2.32. The quantitative estimate of drug-likeness (QED) is 0.690. The minimum Gasteiger partial charge on any atom is -0.311 e. The van der Waals surface area contributed by atoms with Crippen molar-refractivity contribution in [1.82, 2.24) is 5.32 Å². The Bertz CT molecular complexity index is 161. The third-order valence-electron chi connectivity index (χ3n) is 4.27. The summed E-state index contributed by atoms with van der Waals surface area (Å²) in [6, 6.07) is 1.69. The van der Waals surface area contributed by atoms with E-state index >= 15 is 0 Å². The van der Waals surface area contributed by atoms with Gasteiger partial charge in [0, 0.05) is 12.1 Å². The maximum atomic E-state index is 3.86. The van der Waals surface area contributed by atoms with Crippen molar-refractivity contribution in [2.45, 2.75) is 64.5 Å². The van der Waals surface area contributed by atoms with Crippen LogP contribution in [0, 0.1) is 11.8 Å². The Balaban J connectivity index is 1.81. The van der Waals surface area contributed by atoms with E-state index in [2.05, 4.69) is 19.2 Å². The molecule has 1 nitrogen and oxygen atoms in total. The number of rotatable bonds is 2. The van der Waals surface area contributed by atoms with Crippen LogP contribution in [0.15, 0.2) is 0 Å². The standard InChI is InChI=1S/C12H23N/c1-9-7-8-12(10(9)2)13-11-5-3-4-6-11/h9-13H,3-8H2,1-2H3. The molecule has 0 aliphatic heterocycles. The molecular formula is C12H23N. The van der Waals surface area contributed by atoms with Crippen LogP contribution in [0.3, 0.4) is 0 Å². The summed E-state index contributed by atoms with van der Waals surface area (Å²) in [6.07, 6.45) is 8.61. The predicted molar refractivity (Wildman–Crippen MR) is 56.7 cm³/mol. The second kappa shape index (κ2) is 4.00. The van der Waals surface area contributed by atoms with Gasteiger partial charge in [0.2, 0.25) is 0 Å². The second-order valence-corrected chi connectivity index (χ2v) is 5.17. The van der Waals surface area contributed by atoms with Crippen molar-refractivity contribution in [3.8, 4) is 0 Å². The first-order valence-corrected chi connectivity index (χ1v) is 6.03. The summed E-state index contributed by atoms with van der Waals surface area (Å²) < 4.78 is 0. The zero-order chi connectivity index (χ0) is 9.26. The van der Waals surface area contributed by atoms with Gasteiger partial charge in [-0.1, -0.05) is 26.7 Å². The van der Waals surface area contributed by atoms with Crippen LogP contribution < -0.4 is 5.32 Å². The third-order valence-corrected chi connectivity index (χ3v) is 4.27. The summed E-state index contributed by atoms with van der Waals surface area (Å²) in [6.45, 7) is 4.82. The molecule has 0 radical (unpaired) electrons. The van der Waals surface area contributed by atoms with Crippen LogP contribution in [0.1, 0.15) is 52.4 Å². The molecule has 1 N–H and O–H groups in total. The minimum atomic E-state index is 0.832. The molecule has 3 unspecified atom stereocenters. The van der Waals surface area contributed by atoms with E-state index in [0.29, 0.717) is 0 Å². The number of nitrogens with one attached hydrogen (secondary N) is 1. The summed E-state index contributed by atoms with van der Waals surface area (Å²) in [5.41, 5.74) is 0. The van der Waals surface area contributed by atoms with Gasteiger partial charge in [0.15, 0.2) is 0 Å². The normalized spacial score (nSPS) is 41.5. The average Bonchev–Trinajstić information content (AvgIpc) is 2.71. The lowest BCUT2D eigenvalue weighted by Gasteiger charge is -2.23. The van der Waals surface area contributed by atoms with E-state index in [1.165, 1.54) is 38.5 Å². The predicted octanol–water partition coefficient (Wildman–Crippen LogP) is 2.95. The number of hydrogen-bond acceptors (Lipinski definition) is 1. The Morgan fingerprint density at radius 1 is 0.923 bits per heavy atom. The summed E-state index contributed by atoms with van der Waals surface area (Å²) in [5.74, 6) is 1.85. The molecule has 0 saturated heterocycles. The van der Waals surface area contributed by atoms with Gasteiger partial charge in [-0.25, -0.2) is 0 Å². The van der Waals surface area contributed by atoms with Gasteiger partial charge in [-0.05, 0) is 37.5 Å². The van der Waals surface area contributed by atoms with E-state index in [4.69, 9.17) is 0 Å². The first kappa shape index (κ1) is 9.51. The molecule has 0 bridgehead atoms. The Kier molecular flexibility index (Phi) is 2.92. The largest absolute Gasteiger partial charge is 0.311 e. The van der Waals surface area contributed by atoms with Gasteiger partial charge in [-0.15, -0.1) is 0 Å². The molecule has 0 amide bonds. The summed E-state index contributed by atoms with van der Waals surface area (Å²) >= 11 is 0. The maximum absolute atomic E-state index is 3.86. The van der Waals surface area contributed by atoms with Crippen molar-refractivity contribution in [1.29, 1.82) is 0 Å². The van der Waals surface area contributed by atoms with E-state index in [1.807, 2.05) is 0 Å². The van der Waals surface area contributed by atoms with Crippen LogP contribution in [0.25, 0.3) is 0 Å². The summed E-state index contributed by atoms with van der Waals surface area (Å²) in [4.78, 5) is 0. The molecule has 76 valence electrons. The molecule has 2 saturated carbocycles. The fourth-order valence-corrected chi connectivity index (χ4v) is 3.00. The van der Waals surface area contributed by atoms with Crippen LogP contribution in [-0.4, -0.2) is 12.1 Å². The molecule has 0 heterocycles. The van der Waals surface area contributed by atoms with Gasteiger partial charge in [0.25, 0.3) is 0 Å². The monoisotopic (exact) mass is 181 g/mol. The maximum Gasteiger partial charge on any atom is 0.00979 e. The fourth-order valence-electron chi connectivity index (χ4n) is 3.00. The van der Waals surface area contributed by atoms with Crippen LogP contribution in [0.4, 0.5) is 0 Å². The van der Waals surface area contributed by atoms with Crippen molar-refractivity contribution in [3.05, 3.63) is 0 Å². The van der Waals surface area contributed by atoms with Crippen molar-refractivity contribution < 1.29 is 0 Å². The summed E-state index contributed by atoms with van der Waals surface area (Å²) in [5, 5.41) is 3.86. The molecule has 13 heavy (non-hydrogen) atoms. The van der Waals surface area contributed by atoms with Gasteiger partial charge < -0.3 is 5.32 Å². The first-order valence-electron chi connectivity index (χ1n) is 6.03. The van der Waals surface area contributed by atoms with Gasteiger partial charge in [0.05, 0.1) is 0 Å². The van der Waals surface area contributed by atoms with Crippen LogP contribution >= 0.6 is 0 Å². The lowest BCUT2D eigenvalue weighted by molar-refractivity contribution is 0.338. The van der Waals surface area contributed by atoms with E-state index < -0.39 is 0 Å². The van der Waals surface area contributed by atoms with Crippen LogP contribution in [0.5, 0.6) is 0 Å². The Morgan fingerprint density at radius 3 is 2.15 bits per heavy atom. The SMILES string of the molecule is CC1CCC(NC2CCCC2)C1C. The Labute approximate surface area is 82.3 Å². The lowest BCUT2D eigenvalue weighted by Crippen LogP contribution is -2.38. The second-order valence-electron chi connectivity index (χ2n) is 5.17. The van der Waals surface area contributed by atoms with Crippen molar-refractivity contribution in [2.75, 3.05) is 0 Å². The highest BCUT2D eigenvalue weighted by molar-refractivity contribution is 4.88. The highest BCUT2D eigenvalue weighted by Gasteiger charge is 2.31. The molecule has 0 aromatic rings. The van der Waals surface area contributed by atoms with Gasteiger partial charge in [-0.2, -0.15) is 0 Å². The molecule has 2 rings (SSSR count). The molecule has 2 fully saturated rings. The van der Waals surface area contributed by atoms with E-state index in [9.17, 15) is 0 Å². The Morgan fingerprint density at radius 2 is 1.62 bits per heavy atom. The third kappa shape index (κ3) is 2.07. The highest BCUT2D eigenvalue weighted by atomic mass is 15.0. The molecule has 1 heteroatoms. The van der Waals surface area contributed by atoms with Gasteiger partial charge in [-0.3, -0.25) is 0 Å². The fraction of sp³-hybridized carbons (Fsp3) is 1.00. The molecule has 3 atom stereocenters. The average molecular weight is 181 g/mol. The van der Waals surface area contributed by atoms with Gasteiger partial charge >= 0.3 is 0 Å². The molecule has 2 aliphatic rings. The lowest BCUT2D eigenvalue weighted by atomic mass is 9.97. The van der Waals surface area contributed by atoms with E-state index in [1.54, 1.807) is 0 Å². The molecule has 2 aliphatic carbocycles. The van der Waals surface area contributed by atoms with Crippen LogP contribution in [0.2, 0.25) is 0 Å². The van der Waals surface area contributed by atoms with Crippen molar-refractivity contribution in [2.24, 2.45) is 11.8 Å². The molecule has 0 aromatic heterocycles. The topological polar surface area (TPSA) is 12.0 Å². The van der Waals surface area contributed by atoms with Crippen molar-refractivity contribution >= 4 is 0 Å². The summed E-state index contributed by atoms with van der Waals surface area (Å²) in [7, 11) is 0. The number of hydrogen-bond donors (Lipinski definition) is 1.